The molecule has 658 valence electrons. The third-order valence-corrected chi connectivity index (χ3v) is 28.1. The Kier molecular flexibility index (Phi) is 25.8. The summed E-state index contributed by atoms with van der Waals surface area (Å²) in [6.07, 6.45) is 0. The quantitative estimate of drug-likeness (QED) is 0.110. The molecule has 0 radical (unpaired) electrons. The Balaban J connectivity index is 0.000000117. The van der Waals surface area contributed by atoms with Crippen LogP contribution in [0.1, 0.15) is 0 Å². The van der Waals surface area contributed by atoms with Gasteiger partial charge in [-0.05, 0) is 252 Å². The Morgan fingerprint density at radius 1 is 0.197 bits per heavy atom. The van der Waals surface area contributed by atoms with Crippen molar-refractivity contribution < 1.29 is 23.3 Å². The largest absolute Gasteiger partial charge is 0.489 e. The number of rotatable bonds is 13. The second kappa shape index (κ2) is 39.8. The van der Waals surface area contributed by atoms with Crippen LogP contribution >= 0.6 is 86.9 Å². The van der Waals surface area contributed by atoms with Crippen LogP contribution in [0.4, 0.5) is 51.2 Å². The standard InChI is InChI=1S/C52H34N2O2.C34H22ClNO.C16H10BrCl.C10H8BBrO2.C10H6Br2/c1-3-14-36(15-4-1)53(39-30-33-50-45(34-39)43-20-9-11-23-48(43)55-50)38-28-26-35(27-29-38)40-31-32-46(42-19-8-7-18-41(40)42)54(37-16-5-2-6-17-37)47-22-13-25-51-52(47)44-21-10-12-24-49(44)56-51;35-24-19-17-23(18-20-24)26-21-22-30(28-12-5-4-11-27(26)28)36(25-9-2-1-3-10-25)31-14-8-16-33-34(31)29-13-6-7-15-32(29)37-33;17-16-10-9-13(11-5-7-12(18)8-6-11)14-3-1-2-4-15(14)16;12-10-6-5-9(11(13)14)7-3-1-2-4-8(7)10;11-9-5-6-10(12)8-4-2-1-3-7(8)9/h1-34H;1-22H;1-10H;1-6,13-14H;1-6H. The van der Waals surface area contributed by atoms with E-state index in [-0.39, 0.29) is 0 Å². The van der Waals surface area contributed by atoms with Crippen molar-refractivity contribution in [3.8, 4) is 33.4 Å². The number of anilines is 9. The highest BCUT2D eigenvalue weighted by molar-refractivity contribution is 9.11. The van der Waals surface area contributed by atoms with Crippen molar-refractivity contribution in [2.75, 3.05) is 14.7 Å². The van der Waals surface area contributed by atoms with Crippen LogP contribution in [0.15, 0.2) is 504 Å². The van der Waals surface area contributed by atoms with Gasteiger partial charge in [0.05, 0.1) is 33.5 Å². The van der Waals surface area contributed by atoms with Crippen LogP contribution < -0.4 is 20.2 Å². The van der Waals surface area contributed by atoms with Crippen molar-refractivity contribution in [3.63, 3.8) is 0 Å². The van der Waals surface area contributed by atoms with Crippen LogP contribution in [0.5, 0.6) is 0 Å². The van der Waals surface area contributed by atoms with Crippen molar-refractivity contribution >= 4 is 270 Å². The minimum Gasteiger partial charge on any atom is -0.456 e. The molecular weight excluding hydrogens is 1990 g/mol. The number of hydrogen-bond acceptors (Lipinski definition) is 8. The Morgan fingerprint density at radius 2 is 0.482 bits per heavy atom. The van der Waals surface area contributed by atoms with Gasteiger partial charge in [0.25, 0.3) is 0 Å². The lowest BCUT2D eigenvalue weighted by atomic mass is 9.77. The molecular formula is C122H80BBr4Cl2N3O5. The lowest BCUT2D eigenvalue weighted by Gasteiger charge is -2.28. The topological polar surface area (TPSA) is 89.6 Å². The number of nitrogens with zero attached hydrogens (tertiary/aromatic N) is 3. The molecule has 0 atom stereocenters. The predicted octanol–water partition coefficient (Wildman–Crippen LogP) is 37.3. The van der Waals surface area contributed by atoms with Gasteiger partial charge in [0.15, 0.2) is 0 Å². The Hall–Kier alpha value is -14.6. The highest BCUT2D eigenvalue weighted by Crippen LogP contribution is 2.51. The van der Waals surface area contributed by atoms with Gasteiger partial charge < -0.3 is 38.0 Å². The summed E-state index contributed by atoms with van der Waals surface area (Å²) in [6.45, 7) is 0. The molecule has 25 aromatic rings. The molecule has 25 rings (SSSR count). The van der Waals surface area contributed by atoms with Crippen LogP contribution in [-0.4, -0.2) is 17.2 Å². The molecule has 3 heterocycles. The monoisotopic (exact) mass is 2060 g/mol. The van der Waals surface area contributed by atoms with E-state index in [2.05, 4.69) is 424 Å². The van der Waals surface area contributed by atoms with Gasteiger partial charge in [0.1, 0.15) is 33.5 Å². The van der Waals surface area contributed by atoms with Crippen molar-refractivity contribution in [1.29, 1.82) is 0 Å². The van der Waals surface area contributed by atoms with Gasteiger partial charge in [-0.1, -0.05) is 390 Å². The molecule has 22 aromatic carbocycles. The number of hydrogen-bond donors (Lipinski definition) is 2. The van der Waals surface area contributed by atoms with Crippen molar-refractivity contribution in [2.45, 2.75) is 0 Å². The number of furan rings is 3. The molecule has 0 amide bonds. The summed E-state index contributed by atoms with van der Waals surface area (Å²) in [5.41, 5.74) is 22.6. The molecule has 137 heavy (non-hydrogen) atoms. The molecule has 3 aromatic heterocycles. The zero-order valence-corrected chi connectivity index (χ0v) is 81.2. The van der Waals surface area contributed by atoms with Gasteiger partial charge in [-0.3, -0.25) is 0 Å². The van der Waals surface area contributed by atoms with E-state index in [9.17, 15) is 0 Å². The summed E-state index contributed by atoms with van der Waals surface area (Å²) < 4.78 is 23.1. The van der Waals surface area contributed by atoms with E-state index >= 15 is 0 Å². The van der Waals surface area contributed by atoms with Crippen LogP contribution in [0, 0.1) is 0 Å². The molecule has 0 bridgehead atoms. The molecule has 0 aliphatic heterocycles. The fraction of sp³-hybridized carbons (Fsp3) is 0. The zero-order valence-electron chi connectivity index (χ0n) is 73.3. The average molecular weight is 2070 g/mol. The normalized spacial score (nSPS) is 11.2. The van der Waals surface area contributed by atoms with Gasteiger partial charge in [0.2, 0.25) is 0 Å². The second-order valence-electron chi connectivity index (χ2n) is 33.0. The van der Waals surface area contributed by atoms with E-state index in [1.165, 1.54) is 60.0 Å². The maximum atomic E-state index is 9.15. The Morgan fingerprint density at radius 3 is 0.912 bits per heavy atom. The fourth-order valence-corrected chi connectivity index (χ4v) is 20.7. The zero-order chi connectivity index (χ0) is 93.0. The van der Waals surface area contributed by atoms with E-state index < -0.39 is 7.12 Å². The highest BCUT2D eigenvalue weighted by Gasteiger charge is 2.26. The van der Waals surface area contributed by atoms with E-state index in [1.807, 2.05) is 121 Å². The summed E-state index contributed by atoms with van der Waals surface area (Å²) in [7, 11) is -1.42. The van der Waals surface area contributed by atoms with Crippen molar-refractivity contribution in [1.82, 2.24) is 0 Å². The molecule has 0 aliphatic rings. The molecule has 2 N–H and O–H groups in total. The highest BCUT2D eigenvalue weighted by atomic mass is 79.9. The van der Waals surface area contributed by atoms with E-state index in [0.29, 0.717) is 5.46 Å². The third-order valence-electron chi connectivity index (χ3n) is 24.8. The van der Waals surface area contributed by atoms with Crippen LogP contribution in [0.25, 0.3) is 153 Å². The predicted molar refractivity (Wildman–Crippen MR) is 593 cm³/mol. The van der Waals surface area contributed by atoms with Crippen LogP contribution in [0.2, 0.25) is 10.0 Å². The molecule has 0 fully saturated rings. The van der Waals surface area contributed by atoms with Gasteiger partial charge >= 0.3 is 7.12 Å². The number of fused-ring (bicyclic) bond motifs is 14. The summed E-state index contributed by atoms with van der Waals surface area (Å²) in [5, 5.41) is 37.9. The van der Waals surface area contributed by atoms with Gasteiger partial charge in [-0.2, -0.15) is 0 Å². The summed E-state index contributed by atoms with van der Waals surface area (Å²) >= 11 is 26.2. The van der Waals surface area contributed by atoms with Crippen LogP contribution in [0.3, 0.4) is 0 Å². The van der Waals surface area contributed by atoms with E-state index in [0.717, 1.165) is 172 Å². The minimum absolute atomic E-state index is 0.531. The van der Waals surface area contributed by atoms with E-state index in [1.54, 1.807) is 6.07 Å². The van der Waals surface area contributed by atoms with E-state index in [4.69, 9.17) is 46.5 Å². The first-order valence-electron chi connectivity index (χ1n) is 44.8. The molecule has 0 unspecified atom stereocenters. The Bertz CT molecular complexity index is 8710. The summed E-state index contributed by atoms with van der Waals surface area (Å²) in [5.74, 6) is 0. The number of halogens is 6. The molecule has 0 spiro atoms. The minimum atomic E-state index is -1.42. The SMILES string of the molecule is Brc1ccc(Br)c2ccccc12.Clc1ccc(-c2ccc(Br)c3ccccc23)cc1.Clc1ccc(-c2ccc(N(c3ccccc3)c3cccc4oc5ccccc5c34)c3ccccc23)cc1.OB(O)c1ccc(Br)c2ccccc12.c1ccc(N(c2ccc(-c3ccc(N(c4ccccc4)c4cccc5oc6ccccc6c45)c4ccccc34)cc2)c2ccc3oc4ccccc4c3c2)cc1. The summed E-state index contributed by atoms with van der Waals surface area (Å²) in [4.78, 5) is 7.03. The van der Waals surface area contributed by atoms with Crippen LogP contribution in [-0.2, 0) is 0 Å². The maximum absolute atomic E-state index is 9.15. The first-order chi connectivity index (χ1) is 67.3. The van der Waals surface area contributed by atoms with Gasteiger partial charge in [-0.25, -0.2) is 0 Å². The molecule has 0 saturated heterocycles. The lowest BCUT2D eigenvalue weighted by molar-refractivity contribution is 0.426. The molecule has 15 heteroatoms. The van der Waals surface area contributed by atoms with Gasteiger partial charge in [-0.15, -0.1) is 0 Å². The smallest absolute Gasteiger partial charge is 0.456 e. The lowest BCUT2D eigenvalue weighted by Crippen LogP contribution is -2.30. The molecule has 0 saturated carbocycles. The summed E-state index contributed by atoms with van der Waals surface area (Å²) in [6, 6.07) is 163. The number of benzene rings is 22. The molecule has 0 aliphatic carbocycles. The fourth-order valence-electron chi connectivity index (χ4n) is 18.5. The molecule has 8 nitrogen and oxygen atoms in total. The second-order valence-corrected chi connectivity index (χ2v) is 37.3. The third kappa shape index (κ3) is 18.1. The van der Waals surface area contributed by atoms with Gasteiger partial charge in [0, 0.05) is 88.7 Å². The van der Waals surface area contributed by atoms with Crippen molar-refractivity contribution in [2.24, 2.45) is 0 Å². The maximum Gasteiger partial charge on any atom is 0.489 e. The first kappa shape index (κ1) is 89.0. The first-order valence-corrected chi connectivity index (χ1v) is 48.7. The Labute approximate surface area is 835 Å². The number of para-hydroxylation sites is 6. The average Bonchev–Trinajstić information content (AvgIpc) is 1.68. The van der Waals surface area contributed by atoms with Crippen molar-refractivity contribution in [3.05, 3.63) is 501 Å².